The van der Waals surface area contributed by atoms with Gasteiger partial charge in [-0.25, -0.2) is 4.98 Å². The van der Waals surface area contributed by atoms with Gasteiger partial charge in [-0.3, -0.25) is 0 Å². The number of benzene rings is 1. The molecule has 1 saturated carbocycles. The first kappa shape index (κ1) is 18.9. The van der Waals surface area contributed by atoms with Crippen molar-refractivity contribution in [1.82, 2.24) is 9.97 Å². The highest BCUT2D eigenvalue weighted by Gasteiger charge is 2.31. The number of rotatable bonds is 7. The second-order valence-corrected chi connectivity index (χ2v) is 6.95. The molecule has 2 aromatic rings. The number of alkyl halides is 3. The van der Waals surface area contributed by atoms with Gasteiger partial charge in [0.2, 0.25) is 5.95 Å². The lowest BCUT2D eigenvalue weighted by Crippen LogP contribution is -2.09. The van der Waals surface area contributed by atoms with Crippen molar-refractivity contribution in [2.45, 2.75) is 31.4 Å². The van der Waals surface area contributed by atoms with Gasteiger partial charge < -0.3 is 15.7 Å². The fourth-order valence-electron chi connectivity index (χ4n) is 2.41. The zero-order valence-corrected chi connectivity index (χ0v) is 15.4. The lowest BCUT2D eigenvalue weighted by molar-refractivity contribution is -0.137. The van der Waals surface area contributed by atoms with Crippen LogP contribution in [0.4, 0.5) is 30.6 Å². The molecule has 1 aliphatic rings. The average molecular weight is 431 g/mol. The van der Waals surface area contributed by atoms with E-state index in [0.29, 0.717) is 40.8 Å². The highest BCUT2D eigenvalue weighted by atomic mass is 79.9. The van der Waals surface area contributed by atoms with Crippen LogP contribution in [0.1, 0.15) is 36.4 Å². The monoisotopic (exact) mass is 430 g/mol. The number of halogens is 4. The molecular weight excluding hydrogens is 413 g/mol. The Balaban J connectivity index is 1.82. The lowest BCUT2D eigenvalue weighted by Gasteiger charge is -2.13. The van der Waals surface area contributed by atoms with Crippen LogP contribution < -0.4 is 10.6 Å². The van der Waals surface area contributed by atoms with Crippen LogP contribution in [0, 0.1) is 0 Å². The van der Waals surface area contributed by atoms with Gasteiger partial charge in [-0.05, 0) is 53.4 Å². The minimum absolute atomic E-state index is 0.0684. The Kier molecular flexibility index (Phi) is 5.67. The normalized spacial score (nSPS) is 14.3. The molecule has 0 saturated heterocycles. The number of hydrogen-bond acceptors (Lipinski definition) is 5. The molecule has 0 radical (unpaired) electrons. The van der Waals surface area contributed by atoms with Gasteiger partial charge in [0.1, 0.15) is 5.82 Å². The van der Waals surface area contributed by atoms with Crippen molar-refractivity contribution in [1.29, 1.82) is 0 Å². The van der Waals surface area contributed by atoms with E-state index in [9.17, 15) is 13.2 Å². The molecule has 0 bridgehead atoms. The molecule has 1 aliphatic carbocycles. The molecule has 5 nitrogen and oxygen atoms in total. The Morgan fingerprint density at radius 1 is 1.19 bits per heavy atom. The number of aliphatic hydroxyl groups is 1. The molecular formula is C17H18BrF3N4O. The number of hydrogen-bond donors (Lipinski definition) is 3. The van der Waals surface area contributed by atoms with Crippen molar-refractivity contribution in [3.8, 4) is 0 Å². The summed E-state index contributed by atoms with van der Waals surface area (Å²) in [6.07, 6.45) is -1.68. The molecule has 3 N–H and O–H groups in total. The standard InChI is InChI=1S/C17H18BrF3N4O/c18-12-8-11(17(19,20)21)4-5-13(12)23-15-9-14(10-2-3-10)24-16(25-15)22-6-1-7-26/h4-5,8-10,26H,1-3,6-7H2,(H2,22,23,24,25). The fraction of sp³-hybridized carbons (Fsp3) is 0.412. The summed E-state index contributed by atoms with van der Waals surface area (Å²) in [5.74, 6) is 1.34. The second-order valence-electron chi connectivity index (χ2n) is 6.10. The van der Waals surface area contributed by atoms with E-state index in [0.717, 1.165) is 30.7 Å². The van der Waals surface area contributed by atoms with Crippen LogP contribution in [-0.2, 0) is 6.18 Å². The van der Waals surface area contributed by atoms with Crippen LogP contribution in [0.5, 0.6) is 0 Å². The highest BCUT2D eigenvalue weighted by molar-refractivity contribution is 9.10. The zero-order valence-electron chi connectivity index (χ0n) is 13.8. The number of aliphatic hydroxyl groups excluding tert-OH is 1. The molecule has 1 heterocycles. The Hall–Kier alpha value is -1.87. The Bertz CT molecular complexity index is 781. The van der Waals surface area contributed by atoms with Gasteiger partial charge in [0.25, 0.3) is 0 Å². The summed E-state index contributed by atoms with van der Waals surface area (Å²) < 4.78 is 38.7. The zero-order chi connectivity index (χ0) is 18.7. The third-order valence-corrected chi connectivity index (χ3v) is 4.57. The number of nitrogens with one attached hydrogen (secondary N) is 2. The van der Waals surface area contributed by atoms with E-state index >= 15 is 0 Å². The molecule has 26 heavy (non-hydrogen) atoms. The predicted octanol–water partition coefficient (Wildman–Crippen LogP) is 4.67. The van der Waals surface area contributed by atoms with Crippen LogP contribution in [0.25, 0.3) is 0 Å². The fourth-order valence-corrected chi connectivity index (χ4v) is 2.89. The summed E-state index contributed by atoms with van der Waals surface area (Å²) in [5.41, 5.74) is 0.666. The minimum atomic E-state index is -4.39. The summed E-state index contributed by atoms with van der Waals surface area (Å²) >= 11 is 3.18. The predicted molar refractivity (Wildman–Crippen MR) is 96.6 cm³/mol. The Morgan fingerprint density at radius 2 is 1.96 bits per heavy atom. The second kappa shape index (κ2) is 7.79. The van der Waals surface area contributed by atoms with Gasteiger partial charge in [0.15, 0.2) is 0 Å². The molecule has 9 heteroatoms. The molecule has 0 spiro atoms. The van der Waals surface area contributed by atoms with Gasteiger partial charge in [-0.1, -0.05) is 0 Å². The summed E-state index contributed by atoms with van der Waals surface area (Å²) in [4.78, 5) is 8.84. The third-order valence-electron chi connectivity index (χ3n) is 3.92. The number of nitrogens with zero attached hydrogens (tertiary/aromatic N) is 2. The van der Waals surface area contributed by atoms with Gasteiger partial charge >= 0.3 is 6.18 Å². The van der Waals surface area contributed by atoms with Gasteiger partial charge in [0.05, 0.1) is 16.9 Å². The highest BCUT2D eigenvalue weighted by Crippen LogP contribution is 2.40. The van der Waals surface area contributed by atoms with Crippen molar-refractivity contribution in [3.63, 3.8) is 0 Å². The summed E-state index contributed by atoms with van der Waals surface area (Å²) in [6.45, 7) is 0.604. The largest absolute Gasteiger partial charge is 0.416 e. The molecule has 140 valence electrons. The van der Waals surface area contributed by atoms with E-state index in [1.165, 1.54) is 6.07 Å². The van der Waals surface area contributed by atoms with Crippen molar-refractivity contribution in [2.75, 3.05) is 23.8 Å². The van der Waals surface area contributed by atoms with E-state index < -0.39 is 11.7 Å². The third kappa shape index (κ3) is 4.85. The Labute approximate surface area is 157 Å². The maximum absolute atomic E-state index is 12.8. The molecule has 1 fully saturated rings. The average Bonchev–Trinajstić information content (AvgIpc) is 3.41. The van der Waals surface area contributed by atoms with Crippen molar-refractivity contribution in [3.05, 3.63) is 40.0 Å². The first-order valence-corrected chi connectivity index (χ1v) is 9.03. The lowest BCUT2D eigenvalue weighted by atomic mass is 10.2. The summed E-state index contributed by atoms with van der Waals surface area (Å²) in [5, 5.41) is 15.0. The molecule has 0 aliphatic heterocycles. The molecule has 1 aromatic carbocycles. The van der Waals surface area contributed by atoms with E-state index in [2.05, 4.69) is 36.5 Å². The summed E-state index contributed by atoms with van der Waals surface area (Å²) in [6, 6.07) is 5.24. The molecule has 0 atom stereocenters. The van der Waals surface area contributed by atoms with Crippen molar-refractivity contribution >= 4 is 33.4 Å². The van der Waals surface area contributed by atoms with Crippen LogP contribution in [-0.4, -0.2) is 28.2 Å². The molecule has 1 aromatic heterocycles. The van der Waals surface area contributed by atoms with E-state index in [-0.39, 0.29) is 6.61 Å². The van der Waals surface area contributed by atoms with Crippen LogP contribution in [0.3, 0.4) is 0 Å². The minimum Gasteiger partial charge on any atom is -0.396 e. The SMILES string of the molecule is OCCCNc1nc(Nc2ccc(C(F)(F)F)cc2Br)cc(C2CC2)n1. The van der Waals surface area contributed by atoms with Crippen molar-refractivity contribution < 1.29 is 18.3 Å². The maximum atomic E-state index is 12.8. The van der Waals surface area contributed by atoms with E-state index in [1.54, 1.807) is 0 Å². The maximum Gasteiger partial charge on any atom is 0.416 e. The first-order valence-electron chi connectivity index (χ1n) is 8.24. The van der Waals surface area contributed by atoms with E-state index in [1.807, 2.05) is 6.07 Å². The van der Waals surface area contributed by atoms with Crippen molar-refractivity contribution in [2.24, 2.45) is 0 Å². The Morgan fingerprint density at radius 3 is 2.58 bits per heavy atom. The van der Waals surface area contributed by atoms with Crippen LogP contribution >= 0.6 is 15.9 Å². The van der Waals surface area contributed by atoms with E-state index in [4.69, 9.17) is 5.11 Å². The quantitative estimate of drug-likeness (QED) is 0.556. The van der Waals surface area contributed by atoms with Gasteiger partial charge in [0, 0.05) is 29.6 Å². The molecule has 0 amide bonds. The van der Waals surface area contributed by atoms with Crippen LogP contribution in [0.15, 0.2) is 28.7 Å². The van der Waals surface area contributed by atoms with Crippen LogP contribution in [0.2, 0.25) is 0 Å². The molecule has 0 unspecified atom stereocenters. The molecule has 3 rings (SSSR count). The smallest absolute Gasteiger partial charge is 0.396 e. The summed E-state index contributed by atoms with van der Waals surface area (Å²) in [7, 11) is 0. The number of anilines is 3. The topological polar surface area (TPSA) is 70.1 Å². The van der Waals surface area contributed by atoms with Gasteiger partial charge in [-0.2, -0.15) is 18.2 Å². The number of aromatic nitrogens is 2. The first-order chi connectivity index (χ1) is 12.4. The van der Waals surface area contributed by atoms with Gasteiger partial charge in [-0.15, -0.1) is 0 Å².